The van der Waals surface area contributed by atoms with Crippen molar-refractivity contribution in [3.63, 3.8) is 0 Å². The van der Waals surface area contributed by atoms with Gasteiger partial charge in [-0.3, -0.25) is 19.7 Å². The molecule has 6 heteroatoms. The molecule has 0 amide bonds. The second-order valence-corrected chi connectivity index (χ2v) is 2.83. The minimum atomic E-state index is -1.02. The number of nitro groups is 1. The SMILES string of the molecule is CC(=O)c1cc([N+](=O)[O-])cc(C=O)c1F. The summed E-state index contributed by atoms with van der Waals surface area (Å²) in [6, 6.07) is 1.60. The summed E-state index contributed by atoms with van der Waals surface area (Å²) in [5.41, 5.74) is -1.43. The molecule has 1 rings (SSSR count). The van der Waals surface area contributed by atoms with Crippen molar-refractivity contribution < 1.29 is 18.9 Å². The number of carbonyl (C=O) groups excluding carboxylic acids is 2. The van der Waals surface area contributed by atoms with Gasteiger partial charge in [-0.05, 0) is 6.92 Å². The molecule has 0 bridgehead atoms. The highest BCUT2D eigenvalue weighted by atomic mass is 19.1. The van der Waals surface area contributed by atoms with Crippen LogP contribution in [-0.2, 0) is 0 Å². The van der Waals surface area contributed by atoms with Crippen molar-refractivity contribution in [1.29, 1.82) is 0 Å². The molecular formula is C9H6FNO4. The van der Waals surface area contributed by atoms with Crippen LogP contribution in [0.1, 0.15) is 27.6 Å². The fourth-order valence-electron chi connectivity index (χ4n) is 1.08. The van der Waals surface area contributed by atoms with Gasteiger partial charge in [-0.25, -0.2) is 4.39 Å². The Morgan fingerprint density at radius 3 is 2.53 bits per heavy atom. The molecule has 1 aromatic carbocycles. The molecule has 0 aliphatic rings. The molecule has 0 aliphatic heterocycles. The van der Waals surface area contributed by atoms with Gasteiger partial charge in [0.1, 0.15) is 5.82 Å². The predicted molar refractivity (Wildman–Crippen MR) is 48.4 cm³/mol. The van der Waals surface area contributed by atoms with Crippen LogP contribution in [0.3, 0.4) is 0 Å². The fraction of sp³-hybridized carbons (Fsp3) is 0.111. The van der Waals surface area contributed by atoms with Crippen LogP contribution in [0.25, 0.3) is 0 Å². The molecule has 0 heterocycles. The maximum Gasteiger partial charge on any atom is 0.271 e. The number of aldehydes is 1. The van der Waals surface area contributed by atoms with Gasteiger partial charge in [0.15, 0.2) is 12.1 Å². The molecule has 5 nitrogen and oxygen atoms in total. The molecule has 0 fully saturated rings. The van der Waals surface area contributed by atoms with Crippen LogP contribution in [0.4, 0.5) is 10.1 Å². The number of hydrogen-bond acceptors (Lipinski definition) is 4. The van der Waals surface area contributed by atoms with Crippen molar-refractivity contribution in [2.75, 3.05) is 0 Å². The van der Waals surface area contributed by atoms with E-state index in [1.807, 2.05) is 0 Å². The highest BCUT2D eigenvalue weighted by molar-refractivity contribution is 5.97. The van der Waals surface area contributed by atoms with Gasteiger partial charge < -0.3 is 0 Å². The van der Waals surface area contributed by atoms with Gasteiger partial charge in [-0.2, -0.15) is 0 Å². The van der Waals surface area contributed by atoms with Gasteiger partial charge in [-0.1, -0.05) is 0 Å². The standard InChI is InChI=1S/C9H6FNO4/c1-5(13)8-3-7(11(14)15)2-6(4-12)9(8)10/h2-4H,1H3. The van der Waals surface area contributed by atoms with Crippen LogP contribution in [0.5, 0.6) is 0 Å². The molecule has 0 aromatic heterocycles. The smallest absolute Gasteiger partial charge is 0.271 e. The van der Waals surface area contributed by atoms with Gasteiger partial charge in [0, 0.05) is 12.1 Å². The van der Waals surface area contributed by atoms with Crippen molar-refractivity contribution in [2.24, 2.45) is 0 Å². The third-order valence-electron chi connectivity index (χ3n) is 1.80. The molecule has 0 saturated carbocycles. The van der Waals surface area contributed by atoms with Gasteiger partial charge in [-0.15, -0.1) is 0 Å². The number of non-ortho nitro benzene ring substituents is 1. The molecule has 0 radical (unpaired) electrons. The van der Waals surface area contributed by atoms with Crippen LogP contribution in [-0.4, -0.2) is 17.0 Å². The first kappa shape index (κ1) is 11.0. The lowest BCUT2D eigenvalue weighted by Crippen LogP contribution is -2.03. The molecule has 0 N–H and O–H groups in total. The van der Waals surface area contributed by atoms with Gasteiger partial charge in [0.05, 0.1) is 16.1 Å². The van der Waals surface area contributed by atoms with E-state index in [9.17, 15) is 24.1 Å². The van der Waals surface area contributed by atoms with Gasteiger partial charge in [0.2, 0.25) is 0 Å². The van der Waals surface area contributed by atoms with Crippen molar-refractivity contribution in [2.45, 2.75) is 6.92 Å². The normalized spacial score (nSPS) is 9.73. The first-order valence-electron chi connectivity index (χ1n) is 3.91. The van der Waals surface area contributed by atoms with Crippen LogP contribution < -0.4 is 0 Å². The van der Waals surface area contributed by atoms with E-state index in [2.05, 4.69) is 0 Å². The summed E-state index contributed by atoms with van der Waals surface area (Å²) in [6.45, 7) is 1.07. The number of carbonyl (C=O) groups is 2. The Balaban J connectivity index is 3.51. The number of Topliss-reactive ketones (excluding diaryl/α,β-unsaturated/α-hetero) is 1. The van der Waals surface area contributed by atoms with Crippen molar-refractivity contribution in [3.05, 3.63) is 39.2 Å². The topological polar surface area (TPSA) is 77.3 Å². The molecule has 0 aliphatic carbocycles. The number of halogens is 1. The van der Waals surface area contributed by atoms with E-state index in [1.54, 1.807) is 0 Å². The van der Waals surface area contributed by atoms with Crippen LogP contribution >= 0.6 is 0 Å². The molecular weight excluding hydrogens is 205 g/mol. The Hall–Kier alpha value is -2.11. The van der Waals surface area contributed by atoms with E-state index in [4.69, 9.17) is 0 Å². The number of benzene rings is 1. The molecule has 0 saturated heterocycles. The van der Waals surface area contributed by atoms with E-state index in [0.29, 0.717) is 0 Å². The molecule has 15 heavy (non-hydrogen) atoms. The summed E-state index contributed by atoms with van der Waals surface area (Å²) in [5.74, 6) is -1.69. The zero-order valence-corrected chi connectivity index (χ0v) is 7.69. The lowest BCUT2D eigenvalue weighted by atomic mass is 10.1. The van der Waals surface area contributed by atoms with Crippen LogP contribution in [0.15, 0.2) is 12.1 Å². The fourth-order valence-corrected chi connectivity index (χ4v) is 1.08. The first-order valence-corrected chi connectivity index (χ1v) is 3.91. The Kier molecular flexibility index (Phi) is 2.89. The van der Waals surface area contributed by atoms with Crippen molar-refractivity contribution >= 4 is 17.8 Å². The first-order chi connectivity index (χ1) is 6.97. The number of rotatable bonds is 3. The molecule has 0 unspecified atom stereocenters. The third kappa shape index (κ3) is 2.04. The number of ketones is 1. The summed E-state index contributed by atoms with van der Waals surface area (Å²) in [4.78, 5) is 31.0. The summed E-state index contributed by atoms with van der Waals surface area (Å²) in [6.07, 6.45) is 0.134. The number of nitro benzene ring substituents is 1. The summed E-state index contributed by atoms with van der Waals surface area (Å²) >= 11 is 0. The van der Waals surface area contributed by atoms with Crippen LogP contribution in [0.2, 0.25) is 0 Å². The van der Waals surface area contributed by atoms with Gasteiger partial charge in [0.25, 0.3) is 5.69 Å². The molecule has 0 spiro atoms. The average molecular weight is 211 g/mol. The molecule has 1 aromatic rings. The average Bonchev–Trinajstić information content (AvgIpc) is 2.17. The maximum absolute atomic E-state index is 13.3. The van der Waals surface area contributed by atoms with Crippen LogP contribution in [0, 0.1) is 15.9 Å². The zero-order chi connectivity index (χ0) is 11.6. The Morgan fingerprint density at radius 2 is 2.13 bits per heavy atom. The second-order valence-electron chi connectivity index (χ2n) is 2.83. The number of hydrogen-bond donors (Lipinski definition) is 0. The predicted octanol–water partition coefficient (Wildman–Crippen LogP) is 1.75. The molecule has 78 valence electrons. The van der Waals surface area contributed by atoms with E-state index in [0.717, 1.165) is 19.1 Å². The van der Waals surface area contributed by atoms with E-state index in [1.165, 1.54) is 0 Å². The third-order valence-corrected chi connectivity index (χ3v) is 1.80. The number of nitrogens with zero attached hydrogens (tertiary/aromatic N) is 1. The monoisotopic (exact) mass is 211 g/mol. The highest BCUT2D eigenvalue weighted by Crippen LogP contribution is 2.20. The Morgan fingerprint density at radius 1 is 1.53 bits per heavy atom. The van der Waals surface area contributed by atoms with Crippen molar-refractivity contribution in [1.82, 2.24) is 0 Å². The Labute approximate surface area is 83.7 Å². The van der Waals surface area contributed by atoms with E-state index in [-0.39, 0.29) is 6.29 Å². The zero-order valence-electron chi connectivity index (χ0n) is 7.69. The Bertz CT molecular complexity index is 456. The molecule has 0 atom stereocenters. The highest BCUT2D eigenvalue weighted by Gasteiger charge is 2.18. The summed E-state index contributed by atoms with van der Waals surface area (Å²) in [5, 5.41) is 10.4. The quantitative estimate of drug-likeness (QED) is 0.330. The lowest BCUT2D eigenvalue weighted by molar-refractivity contribution is -0.384. The van der Waals surface area contributed by atoms with Gasteiger partial charge >= 0.3 is 0 Å². The van der Waals surface area contributed by atoms with Crippen molar-refractivity contribution in [3.8, 4) is 0 Å². The minimum Gasteiger partial charge on any atom is -0.298 e. The largest absolute Gasteiger partial charge is 0.298 e. The summed E-state index contributed by atoms with van der Waals surface area (Å²) in [7, 11) is 0. The van der Waals surface area contributed by atoms with E-state index >= 15 is 0 Å². The van der Waals surface area contributed by atoms with E-state index < -0.39 is 33.3 Å². The summed E-state index contributed by atoms with van der Waals surface area (Å²) < 4.78 is 13.3. The maximum atomic E-state index is 13.3. The second kappa shape index (κ2) is 3.95. The minimum absolute atomic E-state index is 0.134. The lowest BCUT2D eigenvalue weighted by Gasteiger charge is -2.01.